The van der Waals surface area contributed by atoms with Crippen molar-refractivity contribution in [1.29, 1.82) is 0 Å². The molecule has 0 saturated heterocycles. The molecule has 1 unspecified atom stereocenters. The zero-order valence-electron chi connectivity index (χ0n) is 16.1. The number of halogens is 2. The van der Waals surface area contributed by atoms with Crippen LogP contribution in [0.2, 0.25) is 0 Å². The Labute approximate surface area is 185 Å². The summed E-state index contributed by atoms with van der Waals surface area (Å²) in [5, 5.41) is 0. The Hall–Kier alpha value is -0.250. The number of hydrogen-bond acceptors (Lipinski definition) is 1. The third-order valence-electron chi connectivity index (χ3n) is 5.00. The van der Waals surface area contributed by atoms with Crippen molar-refractivity contribution < 1.29 is 0 Å². The minimum Gasteiger partial charge on any atom is -0.268 e. The predicted molar refractivity (Wildman–Crippen MR) is 132 cm³/mol. The van der Waals surface area contributed by atoms with Gasteiger partial charge in [-0.05, 0) is 50.0 Å². The van der Waals surface area contributed by atoms with Crippen LogP contribution >= 0.6 is 38.0 Å². The van der Waals surface area contributed by atoms with Crippen LogP contribution in [-0.4, -0.2) is 25.9 Å². The molecule has 1 heterocycles. The standard InChI is InChI=1S/C22H26Br2NPS/c1-15(2)25(16(3)4)26(27)21(23)19(17-11-7-5-8-12-17)20(22(26)24)18-13-9-6-10-14-18/h5-16,21-22H,1-4H3/t21-,22+,26?. The van der Waals surface area contributed by atoms with Crippen LogP contribution in [0.1, 0.15) is 38.8 Å². The Morgan fingerprint density at radius 1 is 0.741 bits per heavy atom. The van der Waals surface area contributed by atoms with E-state index in [0.717, 1.165) is 0 Å². The Balaban J connectivity index is 2.25. The second-order valence-electron chi connectivity index (χ2n) is 7.47. The third kappa shape index (κ3) is 3.81. The summed E-state index contributed by atoms with van der Waals surface area (Å²) in [6.07, 6.45) is -1.99. The lowest BCUT2D eigenvalue weighted by Crippen LogP contribution is -2.37. The second kappa shape index (κ2) is 8.63. The summed E-state index contributed by atoms with van der Waals surface area (Å²) < 4.78 is 2.86. The van der Waals surface area contributed by atoms with E-state index in [1.807, 2.05) is 0 Å². The summed E-state index contributed by atoms with van der Waals surface area (Å²) >= 11 is 14.7. The molecular formula is C22H26Br2NPS. The van der Waals surface area contributed by atoms with Gasteiger partial charge < -0.3 is 0 Å². The first-order chi connectivity index (χ1) is 12.8. The fourth-order valence-corrected chi connectivity index (χ4v) is 14.0. The van der Waals surface area contributed by atoms with Crippen LogP contribution in [0, 0.1) is 0 Å². The molecule has 3 rings (SSSR count). The molecule has 0 aromatic heterocycles. The van der Waals surface area contributed by atoms with Gasteiger partial charge in [-0.15, -0.1) is 0 Å². The molecule has 1 aliphatic rings. The molecule has 0 bridgehead atoms. The quantitative estimate of drug-likeness (QED) is 0.292. The average Bonchev–Trinajstić information content (AvgIpc) is 2.84. The lowest BCUT2D eigenvalue weighted by Gasteiger charge is -2.43. The van der Waals surface area contributed by atoms with Gasteiger partial charge in [0, 0.05) is 12.1 Å². The van der Waals surface area contributed by atoms with Crippen molar-refractivity contribution in [2.24, 2.45) is 0 Å². The maximum absolute atomic E-state index is 6.54. The highest BCUT2D eigenvalue weighted by molar-refractivity contribution is 9.13. The van der Waals surface area contributed by atoms with Crippen molar-refractivity contribution in [3.8, 4) is 0 Å². The molecule has 0 N–H and O–H groups in total. The topological polar surface area (TPSA) is 3.24 Å². The van der Waals surface area contributed by atoms with Crippen LogP contribution < -0.4 is 0 Å². The van der Waals surface area contributed by atoms with Crippen LogP contribution in [0.5, 0.6) is 0 Å². The monoisotopic (exact) mass is 525 g/mol. The van der Waals surface area contributed by atoms with Crippen molar-refractivity contribution in [1.82, 2.24) is 4.67 Å². The summed E-state index contributed by atoms with van der Waals surface area (Å²) in [5.74, 6) is 0. The predicted octanol–water partition coefficient (Wildman–Crippen LogP) is 7.57. The van der Waals surface area contributed by atoms with E-state index in [4.69, 9.17) is 11.8 Å². The van der Waals surface area contributed by atoms with E-state index < -0.39 is 6.19 Å². The summed E-state index contributed by atoms with van der Waals surface area (Å²) in [6.45, 7) is 9.04. The number of benzene rings is 2. The average molecular weight is 527 g/mol. The maximum atomic E-state index is 6.54. The molecule has 2 aromatic carbocycles. The zero-order chi connectivity index (χ0) is 19.8. The highest BCUT2D eigenvalue weighted by Crippen LogP contribution is 2.75. The van der Waals surface area contributed by atoms with Gasteiger partial charge in [0.15, 0.2) is 0 Å². The van der Waals surface area contributed by atoms with Gasteiger partial charge in [0.05, 0.1) is 15.3 Å². The van der Waals surface area contributed by atoms with Crippen molar-refractivity contribution in [2.45, 2.75) is 48.9 Å². The molecule has 3 atom stereocenters. The van der Waals surface area contributed by atoms with E-state index in [2.05, 4.69) is 125 Å². The Morgan fingerprint density at radius 2 is 1.07 bits per heavy atom. The maximum Gasteiger partial charge on any atom is 0.0831 e. The molecule has 1 aliphatic heterocycles. The second-order valence-corrected chi connectivity index (χ2v) is 15.3. The molecule has 0 amide bonds. The van der Waals surface area contributed by atoms with Crippen LogP contribution in [-0.2, 0) is 11.8 Å². The molecule has 2 aromatic rings. The first kappa shape index (κ1) is 21.5. The minimum absolute atomic E-state index is 0.145. The molecule has 0 radical (unpaired) electrons. The number of alkyl halides is 2. The molecule has 5 heteroatoms. The largest absolute Gasteiger partial charge is 0.268 e. The van der Waals surface area contributed by atoms with E-state index in [9.17, 15) is 0 Å². The fourth-order valence-electron chi connectivity index (χ4n) is 4.12. The summed E-state index contributed by atoms with van der Waals surface area (Å²) in [7, 11) is 0. The third-order valence-corrected chi connectivity index (χ3v) is 16.6. The van der Waals surface area contributed by atoms with Crippen molar-refractivity contribution >= 4 is 61.0 Å². The Morgan fingerprint density at radius 3 is 1.37 bits per heavy atom. The molecule has 144 valence electrons. The molecule has 0 aliphatic carbocycles. The highest BCUT2D eigenvalue weighted by atomic mass is 79.9. The summed E-state index contributed by atoms with van der Waals surface area (Å²) in [6, 6.07) is 22.2. The van der Waals surface area contributed by atoms with E-state index in [-0.39, 0.29) is 9.14 Å². The number of rotatable bonds is 5. The molecule has 0 fully saturated rings. The van der Waals surface area contributed by atoms with Crippen LogP contribution in [0.15, 0.2) is 60.7 Å². The van der Waals surface area contributed by atoms with Gasteiger partial charge in [0.2, 0.25) is 0 Å². The number of hydrogen-bond donors (Lipinski definition) is 0. The number of nitrogens with zero attached hydrogens (tertiary/aromatic N) is 1. The van der Waals surface area contributed by atoms with Crippen LogP contribution in [0.4, 0.5) is 0 Å². The summed E-state index contributed by atoms with van der Waals surface area (Å²) in [5.41, 5.74) is 5.17. The van der Waals surface area contributed by atoms with E-state index in [0.29, 0.717) is 12.1 Å². The first-order valence-corrected chi connectivity index (χ1v) is 14.0. The minimum atomic E-state index is -1.99. The Bertz CT molecular complexity index is 797. The Kier molecular flexibility index (Phi) is 6.86. The molecular weight excluding hydrogens is 501 g/mol. The van der Waals surface area contributed by atoms with E-state index >= 15 is 0 Å². The highest BCUT2D eigenvalue weighted by Gasteiger charge is 2.50. The van der Waals surface area contributed by atoms with Gasteiger partial charge in [0.1, 0.15) is 0 Å². The normalized spacial score (nSPS) is 25.8. The SMILES string of the molecule is CC(C)N(C(C)C)P1(=S)[C@H](Br)C(c2ccccc2)=C(c2ccccc2)[C@@H]1Br. The fraction of sp³-hybridized carbons (Fsp3) is 0.364. The molecule has 27 heavy (non-hydrogen) atoms. The van der Waals surface area contributed by atoms with Crippen molar-refractivity contribution in [3.05, 3.63) is 71.8 Å². The van der Waals surface area contributed by atoms with Gasteiger partial charge in [-0.3, -0.25) is 4.67 Å². The lowest BCUT2D eigenvalue weighted by atomic mass is 9.97. The van der Waals surface area contributed by atoms with E-state index in [1.54, 1.807) is 0 Å². The lowest BCUT2D eigenvalue weighted by molar-refractivity contribution is 0.322. The van der Waals surface area contributed by atoms with Gasteiger partial charge in [-0.2, -0.15) is 0 Å². The van der Waals surface area contributed by atoms with Gasteiger partial charge in [0.25, 0.3) is 0 Å². The van der Waals surface area contributed by atoms with Crippen molar-refractivity contribution in [2.75, 3.05) is 0 Å². The molecule has 0 saturated carbocycles. The smallest absolute Gasteiger partial charge is 0.0831 e. The molecule has 1 nitrogen and oxygen atoms in total. The van der Waals surface area contributed by atoms with Gasteiger partial charge >= 0.3 is 0 Å². The zero-order valence-corrected chi connectivity index (χ0v) is 21.0. The van der Waals surface area contributed by atoms with Crippen LogP contribution in [0.25, 0.3) is 11.1 Å². The van der Waals surface area contributed by atoms with E-state index in [1.165, 1.54) is 22.3 Å². The first-order valence-electron chi connectivity index (χ1n) is 9.31. The number of allylic oxidation sites excluding steroid dienone is 2. The summed E-state index contributed by atoms with van der Waals surface area (Å²) in [4.78, 5) is 0. The molecule has 0 spiro atoms. The van der Waals surface area contributed by atoms with Crippen LogP contribution in [0.3, 0.4) is 0 Å². The van der Waals surface area contributed by atoms with Gasteiger partial charge in [-0.25, -0.2) is 0 Å². The van der Waals surface area contributed by atoms with Crippen molar-refractivity contribution in [3.63, 3.8) is 0 Å². The van der Waals surface area contributed by atoms with Gasteiger partial charge in [-0.1, -0.05) is 104 Å².